The summed E-state index contributed by atoms with van der Waals surface area (Å²) in [5, 5.41) is 1.93. The number of alkyl halides is 1. The first kappa shape index (κ1) is 7.69. The van der Waals surface area contributed by atoms with Gasteiger partial charge in [0.05, 0.1) is 6.04 Å². The largest absolute Gasteiger partial charge is 0.321 e. The van der Waals surface area contributed by atoms with Gasteiger partial charge in [-0.3, -0.25) is 0 Å². The van der Waals surface area contributed by atoms with Crippen molar-refractivity contribution in [1.29, 1.82) is 0 Å². The number of halogens is 1. The van der Waals surface area contributed by atoms with Crippen LogP contribution in [0.15, 0.2) is 11.4 Å². The molecule has 10 heavy (non-hydrogen) atoms. The normalized spacial score (nSPS) is 13.5. The first-order valence-electron chi connectivity index (χ1n) is 3.11. The standard InChI is InChI=1S/C7H10FNS/c1-5-2-3-10-7(5)6(9)4-8/h2-3,6H,4,9H2,1H3. The summed E-state index contributed by atoms with van der Waals surface area (Å²) in [6.45, 7) is 1.47. The quantitative estimate of drug-likeness (QED) is 0.702. The van der Waals surface area contributed by atoms with Gasteiger partial charge in [-0.05, 0) is 23.9 Å². The molecule has 1 aromatic rings. The van der Waals surface area contributed by atoms with Crippen LogP contribution in [0.4, 0.5) is 4.39 Å². The monoisotopic (exact) mass is 159 g/mol. The summed E-state index contributed by atoms with van der Waals surface area (Å²) < 4.78 is 12.0. The lowest BCUT2D eigenvalue weighted by Gasteiger charge is -2.03. The van der Waals surface area contributed by atoms with E-state index in [1.807, 2.05) is 18.4 Å². The molecule has 1 rings (SSSR count). The molecule has 1 atom stereocenters. The van der Waals surface area contributed by atoms with E-state index in [0.717, 1.165) is 10.4 Å². The molecule has 0 saturated heterocycles. The van der Waals surface area contributed by atoms with Crippen LogP contribution >= 0.6 is 11.3 Å². The van der Waals surface area contributed by atoms with Gasteiger partial charge in [0.2, 0.25) is 0 Å². The molecule has 1 nitrogen and oxygen atoms in total. The van der Waals surface area contributed by atoms with Crippen LogP contribution in [0.3, 0.4) is 0 Å². The van der Waals surface area contributed by atoms with Gasteiger partial charge in [0.1, 0.15) is 6.67 Å². The molecule has 56 valence electrons. The predicted octanol–water partition coefficient (Wildman–Crippen LogP) is 2.03. The fourth-order valence-electron chi connectivity index (χ4n) is 0.834. The van der Waals surface area contributed by atoms with E-state index in [1.165, 1.54) is 11.3 Å². The Hall–Kier alpha value is -0.410. The Kier molecular flexibility index (Phi) is 2.40. The van der Waals surface area contributed by atoms with E-state index in [-0.39, 0.29) is 0 Å². The summed E-state index contributed by atoms with van der Waals surface area (Å²) >= 11 is 1.52. The molecule has 3 heteroatoms. The van der Waals surface area contributed by atoms with Crippen LogP contribution in [0.5, 0.6) is 0 Å². The maximum atomic E-state index is 12.0. The van der Waals surface area contributed by atoms with E-state index < -0.39 is 12.7 Å². The van der Waals surface area contributed by atoms with Gasteiger partial charge in [-0.2, -0.15) is 0 Å². The molecule has 0 radical (unpaired) electrons. The molecule has 2 N–H and O–H groups in total. The highest BCUT2D eigenvalue weighted by Crippen LogP contribution is 2.21. The molecule has 1 heterocycles. The highest BCUT2D eigenvalue weighted by molar-refractivity contribution is 7.10. The van der Waals surface area contributed by atoms with Gasteiger partial charge in [-0.15, -0.1) is 11.3 Å². The van der Waals surface area contributed by atoms with Crippen molar-refractivity contribution >= 4 is 11.3 Å². The fourth-order valence-corrected chi connectivity index (χ4v) is 1.74. The third kappa shape index (κ3) is 1.36. The number of nitrogens with two attached hydrogens (primary N) is 1. The van der Waals surface area contributed by atoms with Crippen LogP contribution in [-0.2, 0) is 0 Å². The minimum absolute atomic E-state index is 0.417. The summed E-state index contributed by atoms with van der Waals surface area (Å²) in [4.78, 5) is 0.961. The number of aryl methyl sites for hydroxylation is 1. The van der Waals surface area contributed by atoms with E-state index >= 15 is 0 Å². The SMILES string of the molecule is Cc1ccsc1C(N)CF. The van der Waals surface area contributed by atoms with E-state index in [9.17, 15) is 4.39 Å². The molecule has 0 aliphatic rings. The maximum Gasteiger partial charge on any atom is 0.109 e. The molecule has 0 amide bonds. The van der Waals surface area contributed by atoms with Gasteiger partial charge < -0.3 is 5.73 Å². The van der Waals surface area contributed by atoms with Crippen molar-refractivity contribution in [3.8, 4) is 0 Å². The Labute approximate surface area is 63.7 Å². The third-order valence-electron chi connectivity index (χ3n) is 1.40. The minimum atomic E-state index is -0.471. The van der Waals surface area contributed by atoms with Gasteiger partial charge in [0.15, 0.2) is 0 Å². The second kappa shape index (κ2) is 3.12. The molecular weight excluding hydrogens is 149 g/mol. The van der Waals surface area contributed by atoms with Crippen molar-refractivity contribution in [2.24, 2.45) is 5.73 Å². The summed E-state index contributed by atoms with van der Waals surface area (Å²) in [6, 6.07) is 1.54. The van der Waals surface area contributed by atoms with Crippen molar-refractivity contribution in [1.82, 2.24) is 0 Å². The molecule has 0 aromatic carbocycles. The molecule has 0 saturated carbocycles. The maximum absolute atomic E-state index is 12.0. The number of hydrogen-bond donors (Lipinski definition) is 1. The van der Waals surface area contributed by atoms with E-state index in [4.69, 9.17) is 5.73 Å². The van der Waals surface area contributed by atoms with Crippen molar-refractivity contribution in [3.63, 3.8) is 0 Å². The van der Waals surface area contributed by atoms with Crippen LogP contribution in [0.25, 0.3) is 0 Å². The van der Waals surface area contributed by atoms with E-state index in [2.05, 4.69) is 0 Å². The van der Waals surface area contributed by atoms with Crippen molar-refractivity contribution in [2.75, 3.05) is 6.67 Å². The lowest BCUT2D eigenvalue weighted by atomic mass is 10.2. The van der Waals surface area contributed by atoms with Crippen molar-refractivity contribution < 1.29 is 4.39 Å². The van der Waals surface area contributed by atoms with Gasteiger partial charge in [-0.1, -0.05) is 0 Å². The molecule has 0 fully saturated rings. The zero-order valence-electron chi connectivity index (χ0n) is 5.80. The van der Waals surface area contributed by atoms with Gasteiger partial charge in [0, 0.05) is 4.88 Å². The van der Waals surface area contributed by atoms with E-state index in [0.29, 0.717) is 0 Å². The Morgan fingerprint density at radius 1 is 1.80 bits per heavy atom. The molecule has 1 unspecified atom stereocenters. The first-order chi connectivity index (χ1) is 4.75. The van der Waals surface area contributed by atoms with Gasteiger partial charge >= 0.3 is 0 Å². The molecule has 0 aliphatic carbocycles. The van der Waals surface area contributed by atoms with Crippen LogP contribution in [-0.4, -0.2) is 6.67 Å². The molecule has 0 bridgehead atoms. The van der Waals surface area contributed by atoms with Crippen molar-refractivity contribution in [2.45, 2.75) is 13.0 Å². The first-order valence-corrected chi connectivity index (χ1v) is 3.99. The van der Waals surface area contributed by atoms with Gasteiger partial charge in [0.25, 0.3) is 0 Å². The second-order valence-corrected chi connectivity index (χ2v) is 3.18. The second-order valence-electron chi connectivity index (χ2n) is 2.23. The van der Waals surface area contributed by atoms with Crippen LogP contribution in [0.2, 0.25) is 0 Å². The Morgan fingerprint density at radius 3 is 2.90 bits per heavy atom. The summed E-state index contributed by atoms with van der Waals surface area (Å²) in [5.41, 5.74) is 6.57. The average molecular weight is 159 g/mol. The summed E-state index contributed by atoms with van der Waals surface area (Å²) in [7, 11) is 0. The van der Waals surface area contributed by atoms with Gasteiger partial charge in [-0.25, -0.2) is 4.39 Å². The summed E-state index contributed by atoms with van der Waals surface area (Å²) in [5.74, 6) is 0. The molecule has 0 spiro atoms. The summed E-state index contributed by atoms with van der Waals surface area (Å²) in [6.07, 6.45) is 0. The zero-order chi connectivity index (χ0) is 7.56. The third-order valence-corrected chi connectivity index (χ3v) is 2.56. The van der Waals surface area contributed by atoms with Crippen LogP contribution in [0.1, 0.15) is 16.5 Å². The number of thiophene rings is 1. The highest BCUT2D eigenvalue weighted by atomic mass is 32.1. The fraction of sp³-hybridized carbons (Fsp3) is 0.429. The highest BCUT2D eigenvalue weighted by Gasteiger charge is 2.08. The number of rotatable bonds is 2. The number of hydrogen-bond acceptors (Lipinski definition) is 2. The van der Waals surface area contributed by atoms with Crippen LogP contribution in [0, 0.1) is 6.92 Å². The Bertz CT molecular complexity index is 209. The Morgan fingerprint density at radius 2 is 2.50 bits per heavy atom. The molecular formula is C7H10FNS. The zero-order valence-corrected chi connectivity index (χ0v) is 6.62. The molecule has 0 aliphatic heterocycles. The van der Waals surface area contributed by atoms with Crippen molar-refractivity contribution in [3.05, 3.63) is 21.9 Å². The van der Waals surface area contributed by atoms with Crippen LogP contribution < -0.4 is 5.73 Å². The predicted molar refractivity (Wildman–Crippen MR) is 42.0 cm³/mol. The average Bonchev–Trinajstić information content (AvgIpc) is 2.34. The lowest BCUT2D eigenvalue weighted by molar-refractivity contribution is 0.440. The molecule has 1 aromatic heterocycles. The van der Waals surface area contributed by atoms with E-state index in [1.54, 1.807) is 0 Å². The smallest absolute Gasteiger partial charge is 0.109 e. The lowest BCUT2D eigenvalue weighted by Crippen LogP contribution is -2.11. The Balaban J connectivity index is 2.82. The minimum Gasteiger partial charge on any atom is -0.321 e. The topological polar surface area (TPSA) is 26.0 Å².